The number of likely N-dealkylation sites (tertiary alicyclic amines) is 1. The minimum atomic E-state index is -1.25. The summed E-state index contributed by atoms with van der Waals surface area (Å²) >= 11 is 0. The Balaban J connectivity index is 1.61. The van der Waals surface area contributed by atoms with Crippen LogP contribution >= 0.6 is 0 Å². The molecule has 3 aliphatic heterocycles. The van der Waals surface area contributed by atoms with Crippen LogP contribution in [0.15, 0.2) is 18.2 Å². The van der Waals surface area contributed by atoms with Crippen LogP contribution < -0.4 is 10.4 Å². The first-order valence-corrected chi connectivity index (χ1v) is 17.9. The minimum Gasteiger partial charge on any atom is -0.444 e. The van der Waals surface area contributed by atoms with Crippen LogP contribution in [0.5, 0.6) is 0 Å². The zero-order chi connectivity index (χ0) is 29.0. The fourth-order valence-corrected chi connectivity index (χ4v) is 6.08. The fourth-order valence-electron chi connectivity index (χ4n) is 5.32. The van der Waals surface area contributed by atoms with Crippen molar-refractivity contribution in [1.82, 2.24) is 4.90 Å². The van der Waals surface area contributed by atoms with Crippen molar-refractivity contribution in [1.29, 1.82) is 0 Å². The van der Waals surface area contributed by atoms with E-state index < -0.39 is 37.4 Å². The number of carbonyl (C=O) groups is 2. The number of hydrogen-bond donors (Lipinski definition) is 0. The summed E-state index contributed by atoms with van der Waals surface area (Å²) < 4.78 is 24.3. The highest BCUT2D eigenvalue weighted by molar-refractivity contribution is 6.76. The summed E-state index contributed by atoms with van der Waals surface area (Å²) in [6, 6.07) is 7.13. The number of nitrogens with zero attached hydrogens (tertiary/aromatic N) is 2. The molecule has 4 rings (SSSR count). The van der Waals surface area contributed by atoms with Crippen molar-refractivity contribution in [3.05, 3.63) is 23.8 Å². The minimum absolute atomic E-state index is 0.0420. The van der Waals surface area contributed by atoms with Crippen molar-refractivity contribution < 1.29 is 28.4 Å². The third kappa shape index (κ3) is 6.09. The van der Waals surface area contributed by atoms with E-state index in [4.69, 9.17) is 18.8 Å². The molecular weight excluding hydrogens is 511 g/mol. The van der Waals surface area contributed by atoms with Crippen molar-refractivity contribution in [2.75, 3.05) is 31.3 Å². The lowest BCUT2D eigenvalue weighted by atomic mass is 9.70. The molecule has 3 aliphatic rings. The Bertz CT molecular complexity index is 1090. The molecule has 0 unspecified atom stereocenters. The van der Waals surface area contributed by atoms with Crippen LogP contribution in [0.1, 0.15) is 66.9 Å². The van der Waals surface area contributed by atoms with E-state index in [1.165, 1.54) is 0 Å². The first-order valence-electron chi connectivity index (χ1n) is 14.2. The van der Waals surface area contributed by atoms with E-state index in [1.807, 2.05) is 60.6 Å². The summed E-state index contributed by atoms with van der Waals surface area (Å²) in [5.41, 5.74) is 0.532. The molecular formula is C29H47BN2O6Si. The Morgan fingerprint density at radius 2 is 1.64 bits per heavy atom. The van der Waals surface area contributed by atoms with Gasteiger partial charge in [-0.15, -0.1) is 0 Å². The van der Waals surface area contributed by atoms with Crippen LogP contribution in [-0.2, 0) is 29.0 Å². The van der Waals surface area contributed by atoms with Gasteiger partial charge in [-0.25, -0.2) is 4.79 Å². The van der Waals surface area contributed by atoms with E-state index in [9.17, 15) is 9.59 Å². The van der Waals surface area contributed by atoms with E-state index in [1.54, 1.807) is 9.80 Å². The molecule has 2 fully saturated rings. The zero-order valence-electron chi connectivity index (χ0n) is 25.6. The summed E-state index contributed by atoms with van der Waals surface area (Å²) in [5, 5.41) is 0. The van der Waals surface area contributed by atoms with Gasteiger partial charge in [0.2, 0.25) is 5.91 Å². The molecule has 2 amide bonds. The molecule has 1 aromatic carbocycles. The Morgan fingerprint density at radius 1 is 1.05 bits per heavy atom. The van der Waals surface area contributed by atoms with Gasteiger partial charge in [-0.05, 0) is 84.4 Å². The van der Waals surface area contributed by atoms with Crippen LogP contribution in [-0.4, -0.2) is 75.3 Å². The molecule has 216 valence electrons. The Hall–Kier alpha value is -1.88. The number of hydrogen-bond acceptors (Lipinski definition) is 6. The predicted molar refractivity (Wildman–Crippen MR) is 157 cm³/mol. The van der Waals surface area contributed by atoms with Gasteiger partial charge in [-0.2, -0.15) is 0 Å². The number of amides is 2. The molecule has 39 heavy (non-hydrogen) atoms. The number of anilines is 1. The number of piperidine rings is 1. The second kappa shape index (κ2) is 10.2. The molecule has 10 heteroatoms. The number of ether oxygens (including phenoxy) is 2. The lowest BCUT2D eigenvalue weighted by molar-refractivity contribution is -0.126. The van der Waals surface area contributed by atoms with Gasteiger partial charge in [0.1, 0.15) is 12.3 Å². The van der Waals surface area contributed by atoms with Crippen molar-refractivity contribution >= 4 is 38.3 Å². The standard InChI is InChI=1S/C29H47BN2O6Si/c1-26(2,3)36-25(34)31-15-13-29(14-16-31)22-19-21(30-37-27(4,5)28(6,7)38-30)11-12-23(22)32(24(29)33)20-35-17-18-39(8,9)10/h11-12,19H,13-18,20H2,1-10H3. The Labute approximate surface area is 235 Å². The highest BCUT2D eigenvalue weighted by atomic mass is 28.3. The average molecular weight is 559 g/mol. The predicted octanol–water partition coefficient (Wildman–Crippen LogP) is 4.91. The molecule has 0 aromatic heterocycles. The van der Waals surface area contributed by atoms with Crippen molar-refractivity contribution in [2.24, 2.45) is 0 Å². The maximum absolute atomic E-state index is 14.1. The maximum atomic E-state index is 14.1. The third-order valence-corrected chi connectivity index (χ3v) is 10.2. The molecule has 1 spiro atoms. The van der Waals surface area contributed by atoms with Crippen molar-refractivity contribution in [2.45, 2.75) is 109 Å². The highest BCUT2D eigenvalue weighted by Crippen LogP contribution is 2.48. The second-order valence-corrected chi connectivity index (χ2v) is 20.1. The summed E-state index contributed by atoms with van der Waals surface area (Å²) in [6.07, 6.45) is 0.715. The monoisotopic (exact) mass is 558 g/mol. The quantitative estimate of drug-likeness (QED) is 0.365. The molecule has 8 nitrogen and oxygen atoms in total. The van der Waals surface area contributed by atoms with Gasteiger partial charge in [0.15, 0.2) is 0 Å². The summed E-state index contributed by atoms with van der Waals surface area (Å²) in [5.74, 6) is 0.0420. The van der Waals surface area contributed by atoms with Crippen LogP contribution in [0.25, 0.3) is 0 Å². The SMILES string of the molecule is CC(C)(C)OC(=O)N1CCC2(CC1)C(=O)N(COCC[Si](C)(C)C)c1ccc(B3OC(C)(C)C(C)(C)O3)cc12. The number of rotatable bonds is 6. The van der Waals surface area contributed by atoms with Gasteiger partial charge < -0.3 is 23.7 Å². The first kappa shape index (κ1) is 30.1. The molecule has 0 N–H and O–H groups in total. The van der Waals surface area contributed by atoms with Gasteiger partial charge >= 0.3 is 13.2 Å². The van der Waals surface area contributed by atoms with E-state index in [2.05, 4.69) is 25.7 Å². The summed E-state index contributed by atoms with van der Waals surface area (Å²) in [4.78, 5) is 30.4. The molecule has 0 aliphatic carbocycles. The smallest absolute Gasteiger partial charge is 0.444 e. The Kier molecular flexibility index (Phi) is 7.86. The highest BCUT2D eigenvalue weighted by Gasteiger charge is 2.55. The second-order valence-electron chi connectivity index (χ2n) is 14.5. The van der Waals surface area contributed by atoms with Crippen LogP contribution in [0.2, 0.25) is 25.7 Å². The topological polar surface area (TPSA) is 77.5 Å². The number of carbonyl (C=O) groups excluding carboxylic acids is 2. The molecule has 0 saturated carbocycles. The molecule has 3 heterocycles. The normalized spacial score (nSPS) is 22.0. The average Bonchev–Trinajstić information content (AvgIpc) is 3.16. The van der Waals surface area contributed by atoms with Crippen molar-refractivity contribution in [3.63, 3.8) is 0 Å². The van der Waals surface area contributed by atoms with Crippen LogP contribution in [0.3, 0.4) is 0 Å². The van der Waals surface area contributed by atoms with Crippen molar-refractivity contribution in [3.8, 4) is 0 Å². The lowest BCUT2D eigenvalue weighted by Gasteiger charge is -2.39. The molecule has 1 aromatic rings. The molecule has 0 radical (unpaired) electrons. The van der Waals surface area contributed by atoms with Crippen LogP contribution in [0.4, 0.5) is 10.5 Å². The number of fused-ring (bicyclic) bond motifs is 2. The Morgan fingerprint density at radius 3 is 2.18 bits per heavy atom. The molecule has 2 saturated heterocycles. The van der Waals surface area contributed by atoms with E-state index in [-0.39, 0.29) is 18.7 Å². The largest absolute Gasteiger partial charge is 0.494 e. The summed E-state index contributed by atoms with van der Waals surface area (Å²) in [7, 11) is -1.77. The van der Waals surface area contributed by atoms with Gasteiger partial charge in [0.25, 0.3) is 0 Å². The van der Waals surface area contributed by atoms with E-state index in [0.29, 0.717) is 32.5 Å². The molecule has 0 bridgehead atoms. The van der Waals surface area contributed by atoms with E-state index in [0.717, 1.165) is 22.8 Å². The third-order valence-electron chi connectivity index (χ3n) is 8.49. The molecule has 0 atom stereocenters. The van der Waals surface area contributed by atoms with Gasteiger partial charge in [-0.3, -0.25) is 9.69 Å². The lowest BCUT2D eigenvalue weighted by Crippen LogP contribution is -2.51. The fraction of sp³-hybridized carbons (Fsp3) is 0.724. The number of benzene rings is 1. The van der Waals surface area contributed by atoms with Gasteiger partial charge in [0.05, 0.1) is 22.3 Å². The first-order chi connectivity index (χ1) is 17.9. The van der Waals surface area contributed by atoms with Crippen LogP contribution in [0, 0.1) is 0 Å². The van der Waals surface area contributed by atoms with E-state index >= 15 is 0 Å². The van der Waals surface area contributed by atoms with Gasteiger partial charge in [0, 0.05) is 27.8 Å². The maximum Gasteiger partial charge on any atom is 0.494 e. The zero-order valence-corrected chi connectivity index (χ0v) is 26.6. The van der Waals surface area contributed by atoms with Gasteiger partial charge in [-0.1, -0.05) is 31.8 Å². The summed E-state index contributed by atoms with van der Waals surface area (Å²) in [6.45, 7) is 22.5.